The first-order valence-corrected chi connectivity index (χ1v) is 11.1. The van der Waals surface area contributed by atoms with Gasteiger partial charge in [-0.1, -0.05) is 32.0 Å². The van der Waals surface area contributed by atoms with Crippen molar-refractivity contribution in [1.29, 1.82) is 0 Å². The molecule has 1 unspecified atom stereocenters. The topological polar surface area (TPSA) is 72.0 Å². The molecular weight excluding hydrogens is 406 g/mol. The van der Waals surface area contributed by atoms with Crippen LogP contribution in [0.4, 0.5) is 4.79 Å². The molecule has 2 aliphatic heterocycles. The van der Waals surface area contributed by atoms with Gasteiger partial charge in [-0.2, -0.15) is 0 Å². The fraction of sp³-hybridized carbons (Fsp3) is 0.480. The summed E-state index contributed by atoms with van der Waals surface area (Å²) in [6.45, 7) is 7.41. The lowest BCUT2D eigenvalue weighted by Gasteiger charge is -2.48. The van der Waals surface area contributed by atoms with Gasteiger partial charge in [0, 0.05) is 44.2 Å². The smallest absolute Gasteiger partial charge is 0.411 e. The largest absolute Gasteiger partial charge is 0.497 e. The third-order valence-corrected chi connectivity index (χ3v) is 7.01. The molecule has 0 saturated carbocycles. The zero-order chi connectivity index (χ0) is 22.9. The number of hydrogen-bond donors (Lipinski definition) is 0. The van der Waals surface area contributed by atoms with Crippen molar-refractivity contribution in [3.63, 3.8) is 0 Å². The van der Waals surface area contributed by atoms with Crippen molar-refractivity contribution >= 4 is 12.0 Å². The molecule has 32 heavy (non-hydrogen) atoms. The summed E-state index contributed by atoms with van der Waals surface area (Å²) >= 11 is 0. The van der Waals surface area contributed by atoms with E-state index in [1.807, 2.05) is 61.3 Å². The molecule has 0 aliphatic carbocycles. The zero-order valence-electron chi connectivity index (χ0n) is 19.2. The van der Waals surface area contributed by atoms with E-state index < -0.39 is 11.1 Å². The molecule has 170 valence electrons. The Morgan fingerprint density at radius 3 is 2.59 bits per heavy atom. The van der Waals surface area contributed by atoms with Crippen LogP contribution in [0.2, 0.25) is 0 Å². The summed E-state index contributed by atoms with van der Waals surface area (Å²) in [5.74, 6) is 0.832. The fourth-order valence-corrected chi connectivity index (χ4v) is 5.04. The Morgan fingerprint density at radius 1 is 1.22 bits per heavy atom. The summed E-state index contributed by atoms with van der Waals surface area (Å²) in [5.41, 5.74) is 0.423. The van der Waals surface area contributed by atoms with Gasteiger partial charge in [-0.25, -0.2) is 4.79 Å². The molecule has 2 fully saturated rings. The quantitative estimate of drug-likeness (QED) is 0.708. The second-order valence-electron chi connectivity index (χ2n) is 9.09. The Kier molecular flexibility index (Phi) is 5.84. The predicted molar refractivity (Wildman–Crippen MR) is 120 cm³/mol. The number of benzene rings is 1. The number of methoxy groups -OCH3 is 1. The van der Waals surface area contributed by atoms with Crippen LogP contribution in [-0.2, 0) is 21.6 Å². The fourth-order valence-electron chi connectivity index (χ4n) is 5.04. The van der Waals surface area contributed by atoms with E-state index >= 15 is 0 Å². The van der Waals surface area contributed by atoms with Crippen LogP contribution in [0.25, 0.3) is 0 Å². The maximum Gasteiger partial charge on any atom is 0.411 e. The van der Waals surface area contributed by atoms with Gasteiger partial charge < -0.3 is 14.4 Å². The highest BCUT2D eigenvalue weighted by atomic mass is 16.6. The number of carbonyl (C=O) groups is 2. The lowest BCUT2D eigenvalue weighted by Crippen LogP contribution is -2.59. The van der Waals surface area contributed by atoms with E-state index in [1.54, 1.807) is 18.2 Å². The number of nitrogens with zero attached hydrogens (tertiary/aromatic N) is 3. The van der Waals surface area contributed by atoms with Gasteiger partial charge in [0.15, 0.2) is 0 Å². The third kappa shape index (κ3) is 3.59. The molecule has 1 aromatic heterocycles. The molecule has 4 rings (SSSR count). The van der Waals surface area contributed by atoms with Crippen LogP contribution < -0.4 is 4.74 Å². The Morgan fingerprint density at radius 2 is 1.97 bits per heavy atom. The standard InChI is InChI=1S/C25H31N3O4/c1-18(2)22(29)27-13-10-25(11-14-27)24(3,20-8-6-12-26-16-20)28(23(30)32-25)17-19-7-5-9-21(15-19)31-4/h5-9,12,15-16,18H,10-11,13-14,17H2,1-4H3. The van der Waals surface area contributed by atoms with Gasteiger partial charge in [0.2, 0.25) is 5.91 Å². The van der Waals surface area contributed by atoms with E-state index in [-0.39, 0.29) is 17.9 Å². The normalized spacial score (nSPS) is 22.3. The lowest BCUT2D eigenvalue weighted by atomic mass is 9.70. The van der Waals surface area contributed by atoms with Gasteiger partial charge in [0.1, 0.15) is 16.9 Å². The number of amides is 2. The van der Waals surface area contributed by atoms with Crippen LogP contribution in [0.5, 0.6) is 5.75 Å². The van der Waals surface area contributed by atoms with E-state index in [9.17, 15) is 9.59 Å². The van der Waals surface area contributed by atoms with E-state index in [0.717, 1.165) is 16.9 Å². The van der Waals surface area contributed by atoms with Crippen molar-refractivity contribution in [1.82, 2.24) is 14.8 Å². The van der Waals surface area contributed by atoms with Crippen LogP contribution in [0, 0.1) is 5.92 Å². The number of ether oxygens (including phenoxy) is 2. The van der Waals surface area contributed by atoms with Gasteiger partial charge in [-0.3, -0.25) is 14.7 Å². The molecule has 1 spiro atoms. The summed E-state index contributed by atoms with van der Waals surface area (Å²) in [4.78, 5) is 33.9. The SMILES string of the molecule is COc1cccc(CN2C(=O)OC3(CCN(C(=O)C(C)C)CC3)C2(C)c2cccnc2)c1. The first-order valence-electron chi connectivity index (χ1n) is 11.1. The maximum atomic E-state index is 13.3. The first-order chi connectivity index (χ1) is 15.3. The number of carbonyl (C=O) groups excluding carboxylic acids is 2. The molecule has 7 nitrogen and oxygen atoms in total. The highest BCUT2D eigenvalue weighted by Crippen LogP contribution is 2.52. The van der Waals surface area contributed by atoms with Crippen LogP contribution in [-0.4, -0.2) is 52.6 Å². The minimum atomic E-state index is -0.736. The van der Waals surface area contributed by atoms with E-state index in [4.69, 9.17) is 9.47 Å². The lowest BCUT2D eigenvalue weighted by molar-refractivity contribution is -0.140. The molecule has 2 amide bonds. The Balaban J connectivity index is 1.70. The van der Waals surface area contributed by atoms with Crippen LogP contribution in [0.3, 0.4) is 0 Å². The average molecular weight is 438 g/mol. The summed E-state index contributed by atoms with van der Waals surface area (Å²) in [5, 5.41) is 0. The Hall–Kier alpha value is -3.09. The van der Waals surface area contributed by atoms with Crippen molar-refractivity contribution in [2.75, 3.05) is 20.2 Å². The number of piperidine rings is 1. The molecule has 1 aromatic carbocycles. The summed E-state index contributed by atoms with van der Waals surface area (Å²) < 4.78 is 11.5. The van der Waals surface area contributed by atoms with E-state index in [0.29, 0.717) is 32.5 Å². The molecule has 2 saturated heterocycles. The number of rotatable bonds is 5. The molecule has 2 aliphatic rings. The summed E-state index contributed by atoms with van der Waals surface area (Å²) in [6, 6.07) is 11.6. The van der Waals surface area contributed by atoms with Crippen molar-refractivity contribution in [3.05, 3.63) is 59.9 Å². The molecule has 0 N–H and O–H groups in total. The third-order valence-electron chi connectivity index (χ3n) is 7.01. The molecular formula is C25H31N3O4. The zero-order valence-corrected chi connectivity index (χ0v) is 19.2. The highest BCUT2D eigenvalue weighted by Gasteiger charge is 2.64. The minimum absolute atomic E-state index is 0.0514. The van der Waals surface area contributed by atoms with Gasteiger partial charge in [-0.15, -0.1) is 0 Å². The molecule has 1 atom stereocenters. The molecule has 0 radical (unpaired) electrons. The average Bonchev–Trinajstić information content (AvgIpc) is 3.01. The van der Waals surface area contributed by atoms with Gasteiger partial charge >= 0.3 is 6.09 Å². The maximum absolute atomic E-state index is 13.3. The van der Waals surface area contributed by atoms with Crippen molar-refractivity contribution in [2.45, 2.75) is 51.3 Å². The van der Waals surface area contributed by atoms with Crippen molar-refractivity contribution in [2.24, 2.45) is 5.92 Å². The number of hydrogen-bond acceptors (Lipinski definition) is 5. The Labute approximate surface area is 189 Å². The van der Waals surface area contributed by atoms with E-state index in [2.05, 4.69) is 11.9 Å². The van der Waals surface area contributed by atoms with Crippen LogP contribution in [0.15, 0.2) is 48.8 Å². The molecule has 2 aromatic rings. The molecule has 7 heteroatoms. The second-order valence-corrected chi connectivity index (χ2v) is 9.09. The molecule has 0 bridgehead atoms. The van der Waals surface area contributed by atoms with Crippen LogP contribution >= 0.6 is 0 Å². The summed E-state index contributed by atoms with van der Waals surface area (Å²) in [6.07, 6.45) is 4.36. The second kappa shape index (κ2) is 8.45. The number of pyridine rings is 1. The minimum Gasteiger partial charge on any atom is -0.497 e. The summed E-state index contributed by atoms with van der Waals surface area (Å²) in [7, 11) is 1.63. The van der Waals surface area contributed by atoms with Gasteiger partial charge in [-0.05, 0) is 36.2 Å². The molecule has 3 heterocycles. The van der Waals surface area contributed by atoms with Gasteiger partial charge in [0.05, 0.1) is 13.7 Å². The van der Waals surface area contributed by atoms with Crippen molar-refractivity contribution in [3.8, 4) is 5.75 Å². The number of likely N-dealkylation sites (tertiary alicyclic amines) is 1. The monoisotopic (exact) mass is 437 g/mol. The van der Waals surface area contributed by atoms with Crippen LogP contribution in [0.1, 0.15) is 44.7 Å². The van der Waals surface area contributed by atoms with Crippen molar-refractivity contribution < 1.29 is 19.1 Å². The highest BCUT2D eigenvalue weighted by molar-refractivity contribution is 5.78. The van der Waals surface area contributed by atoms with E-state index in [1.165, 1.54) is 0 Å². The first kappa shape index (κ1) is 22.1. The predicted octanol–water partition coefficient (Wildman–Crippen LogP) is 3.98. The van der Waals surface area contributed by atoms with Gasteiger partial charge in [0.25, 0.3) is 0 Å². The number of aromatic nitrogens is 1. The Bertz CT molecular complexity index is 986.